The third-order valence-corrected chi connectivity index (χ3v) is 6.72. The molecule has 166 valence electrons. The number of hydrogen-bond acceptors (Lipinski definition) is 5. The molecule has 3 amide bonds. The number of benzene rings is 1. The average Bonchev–Trinajstić information content (AvgIpc) is 3.43. The van der Waals surface area contributed by atoms with E-state index >= 15 is 0 Å². The van der Waals surface area contributed by atoms with E-state index in [2.05, 4.69) is 10.0 Å². The summed E-state index contributed by atoms with van der Waals surface area (Å²) < 4.78 is 46.8. The minimum absolute atomic E-state index is 0.0536. The maximum absolute atomic E-state index is 13.6. The first-order chi connectivity index (χ1) is 14.2. The van der Waals surface area contributed by atoms with Crippen LogP contribution < -0.4 is 14.8 Å². The number of carbonyl (C=O) groups excluding carboxylic acids is 2. The first-order valence-electron chi connectivity index (χ1n) is 10.2. The molecule has 2 N–H and O–H groups in total. The van der Waals surface area contributed by atoms with Crippen molar-refractivity contribution in [1.29, 1.82) is 0 Å². The van der Waals surface area contributed by atoms with Gasteiger partial charge in [0.2, 0.25) is 15.9 Å². The van der Waals surface area contributed by atoms with Crippen molar-refractivity contribution in [2.24, 2.45) is 5.92 Å². The normalized spacial score (nSPS) is 17.9. The fourth-order valence-electron chi connectivity index (χ4n) is 3.31. The summed E-state index contributed by atoms with van der Waals surface area (Å²) in [4.78, 5) is 24.0. The van der Waals surface area contributed by atoms with Crippen LogP contribution in [0.3, 0.4) is 0 Å². The lowest BCUT2D eigenvalue weighted by molar-refractivity contribution is -0.118. The summed E-state index contributed by atoms with van der Waals surface area (Å²) in [5.74, 6) is 0.0745. The molecule has 30 heavy (non-hydrogen) atoms. The number of nitrogens with zero attached hydrogens (tertiary/aromatic N) is 1. The second-order valence-electron chi connectivity index (χ2n) is 7.93. The smallest absolute Gasteiger partial charge is 0.324 e. The highest BCUT2D eigenvalue weighted by atomic mass is 32.2. The molecular weight excluding hydrogens is 413 g/mol. The molecule has 1 heterocycles. The molecule has 1 aromatic carbocycles. The molecule has 1 aliphatic carbocycles. The maximum Gasteiger partial charge on any atom is 0.324 e. The van der Waals surface area contributed by atoms with E-state index in [1.54, 1.807) is 13.0 Å². The van der Waals surface area contributed by atoms with Gasteiger partial charge in [0, 0.05) is 24.2 Å². The minimum atomic E-state index is -3.54. The molecule has 1 saturated heterocycles. The molecule has 1 atom stereocenters. The van der Waals surface area contributed by atoms with Gasteiger partial charge in [-0.05, 0) is 44.6 Å². The van der Waals surface area contributed by atoms with Gasteiger partial charge in [0.05, 0.1) is 12.4 Å². The number of rotatable bonds is 12. The average molecular weight is 442 g/mol. The Morgan fingerprint density at radius 2 is 2.03 bits per heavy atom. The summed E-state index contributed by atoms with van der Waals surface area (Å²) in [7, 11) is -3.54. The third-order valence-electron chi connectivity index (χ3n) is 5.18. The number of sulfonamides is 1. The zero-order valence-corrected chi connectivity index (χ0v) is 17.8. The van der Waals surface area contributed by atoms with Crippen molar-refractivity contribution in [2.45, 2.75) is 45.1 Å². The lowest BCUT2D eigenvalue weighted by atomic mass is 10.1. The summed E-state index contributed by atoms with van der Waals surface area (Å²) in [6, 6.07) is 3.18. The first kappa shape index (κ1) is 22.5. The standard InChI is InChI=1S/C20H28FN3O5S/c1-14(17-8-7-16(21)11-18(17)29-13-15-5-6-15)23-30(27,28)10-4-2-3-9-24-12-19(25)22-20(24)26/h7-8,11,14-15,23H,2-6,9-10,12-13H2,1H3,(H,22,25,26)/t14-/m1/s1. The largest absolute Gasteiger partial charge is 0.493 e. The van der Waals surface area contributed by atoms with Gasteiger partial charge >= 0.3 is 6.03 Å². The molecule has 10 heteroatoms. The fraction of sp³-hybridized carbons (Fsp3) is 0.600. The van der Waals surface area contributed by atoms with Gasteiger partial charge in [-0.3, -0.25) is 10.1 Å². The van der Waals surface area contributed by atoms with E-state index in [1.165, 1.54) is 17.0 Å². The molecule has 1 aromatic rings. The van der Waals surface area contributed by atoms with Crippen molar-refractivity contribution in [3.63, 3.8) is 0 Å². The lowest BCUT2D eigenvalue weighted by Crippen LogP contribution is -2.30. The summed E-state index contributed by atoms with van der Waals surface area (Å²) in [5.41, 5.74) is 0.602. The highest BCUT2D eigenvalue weighted by molar-refractivity contribution is 7.89. The zero-order valence-electron chi connectivity index (χ0n) is 17.0. The molecule has 3 rings (SSSR count). The van der Waals surface area contributed by atoms with E-state index in [0.29, 0.717) is 49.6 Å². The van der Waals surface area contributed by atoms with Crippen LogP contribution in [0.25, 0.3) is 0 Å². The molecule has 2 aliphatic rings. The van der Waals surface area contributed by atoms with Crippen LogP contribution in [0.2, 0.25) is 0 Å². The first-order valence-corrected chi connectivity index (χ1v) is 11.9. The molecule has 1 aliphatic heterocycles. The lowest BCUT2D eigenvalue weighted by Gasteiger charge is -2.19. The van der Waals surface area contributed by atoms with E-state index in [4.69, 9.17) is 4.74 Å². The SMILES string of the molecule is C[C@@H](NS(=O)(=O)CCCCCN1CC(=O)NC1=O)c1ccc(F)cc1OCC1CC1. The highest BCUT2D eigenvalue weighted by Crippen LogP contribution is 2.32. The van der Waals surface area contributed by atoms with Crippen LogP contribution in [0.4, 0.5) is 9.18 Å². The maximum atomic E-state index is 13.6. The predicted octanol–water partition coefficient (Wildman–Crippen LogP) is 2.32. The quantitative estimate of drug-likeness (QED) is 0.383. The van der Waals surface area contributed by atoms with Gasteiger partial charge in [-0.1, -0.05) is 12.5 Å². The number of amides is 3. The second kappa shape index (κ2) is 9.74. The summed E-state index contributed by atoms with van der Waals surface area (Å²) >= 11 is 0. The number of urea groups is 1. The molecule has 1 saturated carbocycles. The number of carbonyl (C=O) groups is 2. The Labute approximate surface area is 176 Å². The number of halogens is 1. The van der Waals surface area contributed by atoms with Gasteiger partial charge in [0.25, 0.3) is 0 Å². The number of nitrogens with one attached hydrogen (secondary N) is 2. The topological polar surface area (TPSA) is 105 Å². The van der Waals surface area contributed by atoms with Crippen LogP contribution in [0.1, 0.15) is 50.6 Å². The summed E-state index contributed by atoms with van der Waals surface area (Å²) in [5, 5.41) is 2.20. The van der Waals surface area contributed by atoms with Gasteiger partial charge in [-0.25, -0.2) is 22.3 Å². The van der Waals surface area contributed by atoms with E-state index in [1.807, 2.05) is 0 Å². The van der Waals surface area contributed by atoms with E-state index in [9.17, 15) is 22.4 Å². The van der Waals surface area contributed by atoms with Gasteiger partial charge in [0.1, 0.15) is 18.1 Å². The monoisotopic (exact) mass is 441 g/mol. The van der Waals surface area contributed by atoms with E-state index in [0.717, 1.165) is 12.8 Å². The Kier molecular flexibility index (Phi) is 7.30. The molecule has 8 nitrogen and oxygen atoms in total. The summed E-state index contributed by atoms with van der Waals surface area (Å²) in [6.07, 6.45) is 3.86. The predicted molar refractivity (Wildman–Crippen MR) is 109 cm³/mol. The molecular formula is C20H28FN3O5S. The Morgan fingerprint density at radius 1 is 1.27 bits per heavy atom. The van der Waals surface area contributed by atoms with Crippen molar-refractivity contribution in [1.82, 2.24) is 14.9 Å². The molecule has 0 aromatic heterocycles. The van der Waals surface area contributed by atoms with E-state index in [-0.39, 0.29) is 18.2 Å². The Hall–Kier alpha value is -2.20. The molecule has 2 fully saturated rings. The Bertz CT molecular complexity index is 888. The molecule has 0 unspecified atom stereocenters. The fourth-order valence-corrected chi connectivity index (χ4v) is 4.68. The Morgan fingerprint density at radius 3 is 2.70 bits per heavy atom. The van der Waals surface area contributed by atoms with Crippen LogP contribution in [0.5, 0.6) is 5.75 Å². The minimum Gasteiger partial charge on any atom is -0.493 e. The number of hydrogen-bond donors (Lipinski definition) is 2. The van der Waals surface area contributed by atoms with Crippen LogP contribution in [-0.4, -0.2) is 50.7 Å². The third kappa shape index (κ3) is 6.66. The van der Waals surface area contributed by atoms with Gasteiger partial charge in [-0.2, -0.15) is 0 Å². The van der Waals surface area contributed by atoms with Gasteiger partial charge < -0.3 is 9.64 Å². The van der Waals surface area contributed by atoms with Crippen LogP contribution in [0, 0.1) is 11.7 Å². The molecule has 0 bridgehead atoms. The van der Waals surface area contributed by atoms with Crippen LogP contribution >= 0.6 is 0 Å². The van der Waals surface area contributed by atoms with Crippen molar-refractivity contribution < 1.29 is 27.1 Å². The van der Waals surface area contributed by atoms with Gasteiger partial charge in [0.15, 0.2) is 0 Å². The molecule has 0 radical (unpaired) electrons. The van der Waals surface area contributed by atoms with Crippen molar-refractivity contribution in [3.05, 3.63) is 29.6 Å². The summed E-state index contributed by atoms with van der Waals surface area (Å²) in [6.45, 7) is 2.69. The van der Waals surface area contributed by atoms with Crippen LogP contribution in [0.15, 0.2) is 18.2 Å². The van der Waals surface area contributed by atoms with Crippen molar-refractivity contribution in [2.75, 3.05) is 25.4 Å². The van der Waals surface area contributed by atoms with Gasteiger partial charge in [-0.15, -0.1) is 0 Å². The van der Waals surface area contributed by atoms with Crippen molar-refractivity contribution >= 4 is 22.0 Å². The number of ether oxygens (including phenoxy) is 1. The highest BCUT2D eigenvalue weighted by Gasteiger charge is 2.26. The zero-order chi connectivity index (χ0) is 21.7. The second-order valence-corrected chi connectivity index (χ2v) is 9.80. The van der Waals surface area contributed by atoms with Crippen LogP contribution in [-0.2, 0) is 14.8 Å². The number of unbranched alkanes of at least 4 members (excludes halogenated alkanes) is 2. The number of imide groups is 1. The Balaban J connectivity index is 1.45. The van der Waals surface area contributed by atoms with Crippen molar-refractivity contribution in [3.8, 4) is 5.75 Å². The molecule has 0 spiro atoms. The van der Waals surface area contributed by atoms with E-state index < -0.39 is 27.9 Å².